The molecule has 1 aliphatic carbocycles. The molecule has 6 heteroatoms. The van der Waals surface area contributed by atoms with Gasteiger partial charge in [0.2, 0.25) is 0 Å². The Labute approximate surface area is 175 Å². The molecule has 2 fully saturated rings. The molecule has 1 atom stereocenters. The van der Waals surface area contributed by atoms with E-state index < -0.39 is 0 Å². The van der Waals surface area contributed by atoms with Gasteiger partial charge >= 0.3 is 0 Å². The molecule has 3 rings (SSSR count). The molecule has 1 aliphatic heterocycles. The highest BCUT2D eigenvalue weighted by molar-refractivity contribution is 14.0. The monoisotopic (exact) mass is 472 g/mol. The lowest BCUT2D eigenvalue weighted by molar-refractivity contribution is 0.165. The van der Waals surface area contributed by atoms with Crippen LogP contribution in [0.25, 0.3) is 0 Å². The van der Waals surface area contributed by atoms with Crippen LogP contribution in [0.2, 0.25) is 0 Å². The van der Waals surface area contributed by atoms with Gasteiger partial charge in [-0.15, -0.1) is 24.0 Å². The summed E-state index contributed by atoms with van der Waals surface area (Å²) in [5, 5.41) is 6.90. The summed E-state index contributed by atoms with van der Waals surface area (Å²) in [7, 11) is 1.76. The molecule has 1 aromatic carbocycles. The zero-order chi connectivity index (χ0) is 17.5. The number of aliphatic imine (C=N–C) groups is 1. The number of hydrogen-bond donors (Lipinski definition) is 2. The van der Waals surface area contributed by atoms with Crippen LogP contribution >= 0.6 is 24.0 Å². The number of nitrogens with one attached hydrogen (secondary N) is 2. The molecule has 1 saturated heterocycles. The number of hydrogen-bond acceptors (Lipinski definition) is 3. The first kappa shape index (κ1) is 21.3. The Kier molecular flexibility index (Phi) is 8.98. The van der Waals surface area contributed by atoms with Crippen molar-refractivity contribution in [3.8, 4) is 5.75 Å². The maximum atomic E-state index is 5.64. The smallest absolute Gasteiger partial charge is 0.191 e. The third-order valence-corrected chi connectivity index (χ3v) is 5.01. The Hall–Kier alpha value is -1.02. The van der Waals surface area contributed by atoms with Gasteiger partial charge in [-0.2, -0.15) is 0 Å². The van der Waals surface area contributed by atoms with Crippen molar-refractivity contribution in [3.05, 3.63) is 29.8 Å². The van der Waals surface area contributed by atoms with Gasteiger partial charge in [0.25, 0.3) is 0 Å². The topological polar surface area (TPSA) is 48.9 Å². The maximum absolute atomic E-state index is 5.64. The summed E-state index contributed by atoms with van der Waals surface area (Å²) in [6, 6.07) is 9.27. The first-order valence-electron chi connectivity index (χ1n) is 9.73. The van der Waals surface area contributed by atoms with E-state index in [1.807, 2.05) is 6.07 Å². The fraction of sp³-hybridized carbons (Fsp3) is 0.650. The molecule has 2 aliphatic rings. The molecule has 0 amide bonds. The normalized spacial score (nSPS) is 19.4. The van der Waals surface area contributed by atoms with Crippen molar-refractivity contribution in [2.24, 2.45) is 4.99 Å². The van der Waals surface area contributed by atoms with Gasteiger partial charge in [-0.3, -0.25) is 9.89 Å². The third kappa shape index (κ3) is 6.01. The predicted octanol–water partition coefficient (Wildman–Crippen LogP) is 3.56. The second-order valence-electron chi connectivity index (χ2n) is 6.99. The van der Waals surface area contributed by atoms with Crippen LogP contribution in [0.1, 0.15) is 50.6 Å². The molecule has 1 saturated carbocycles. The van der Waals surface area contributed by atoms with E-state index >= 15 is 0 Å². The van der Waals surface area contributed by atoms with Crippen LogP contribution in [0.5, 0.6) is 5.75 Å². The van der Waals surface area contributed by atoms with Gasteiger partial charge in [-0.05, 0) is 51.8 Å². The fourth-order valence-corrected chi connectivity index (χ4v) is 3.50. The second-order valence-corrected chi connectivity index (χ2v) is 6.99. The number of para-hydroxylation sites is 1. The minimum Gasteiger partial charge on any atom is -0.496 e. The molecule has 0 radical (unpaired) electrons. The summed E-state index contributed by atoms with van der Waals surface area (Å²) >= 11 is 0. The van der Waals surface area contributed by atoms with Gasteiger partial charge in [0, 0.05) is 18.2 Å². The molecule has 146 valence electrons. The average molecular weight is 472 g/mol. The Morgan fingerprint density at radius 3 is 2.62 bits per heavy atom. The van der Waals surface area contributed by atoms with E-state index in [4.69, 9.17) is 9.73 Å². The largest absolute Gasteiger partial charge is 0.496 e. The van der Waals surface area contributed by atoms with Crippen molar-refractivity contribution in [2.45, 2.75) is 51.1 Å². The van der Waals surface area contributed by atoms with E-state index in [1.165, 1.54) is 37.7 Å². The van der Waals surface area contributed by atoms with Crippen molar-refractivity contribution < 1.29 is 4.74 Å². The third-order valence-electron chi connectivity index (χ3n) is 5.01. The van der Waals surface area contributed by atoms with E-state index in [2.05, 4.69) is 40.7 Å². The van der Waals surface area contributed by atoms with Gasteiger partial charge < -0.3 is 15.4 Å². The molecule has 1 aromatic rings. The van der Waals surface area contributed by atoms with Gasteiger partial charge in [0.1, 0.15) is 5.75 Å². The van der Waals surface area contributed by atoms with Crippen LogP contribution in [0.15, 0.2) is 29.3 Å². The molecule has 5 nitrogen and oxygen atoms in total. The molecular weight excluding hydrogens is 439 g/mol. The van der Waals surface area contributed by atoms with Crippen molar-refractivity contribution >= 4 is 29.9 Å². The molecule has 0 aromatic heterocycles. The SMILES string of the molecule is CCNC(=NCC(c1ccccc1OC)N1CCCCC1)NC1CC1.I. The van der Waals surface area contributed by atoms with E-state index in [0.29, 0.717) is 6.04 Å². The number of halogens is 1. The molecular formula is C20H33IN4O. The highest BCUT2D eigenvalue weighted by atomic mass is 127. The van der Waals surface area contributed by atoms with Gasteiger partial charge in [-0.25, -0.2) is 0 Å². The predicted molar refractivity (Wildman–Crippen MR) is 119 cm³/mol. The summed E-state index contributed by atoms with van der Waals surface area (Å²) in [4.78, 5) is 7.49. The highest BCUT2D eigenvalue weighted by Crippen LogP contribution is 2.31. The zero-order valence-corrected chi connectivity index (χ0v) is 18.4. The molecule has 0 bridgehead atoms. The van der Waals surface area contributed by atoms with Crippen LogP contribution in [0, 0.1) is 0 Å². The Morgan fingerprint density at radius 2 is 1.96 bits per heavy atom. The first-order chi connectivity index (χ1) is 12.3. The van der Waals surface area contributed by atoms with E-state index in [-0.39, 0.29) is 30.0 Å². The van der Waals surface area contributed by atoms with E-state index in [9.17, 15) is 0 Å². The molecule has 26 heavy (non-hydrogen) atoms. The number of nitrogens with zero attached hydrogens (tertiary/aromatic N) is 2. The molecule has 2 N–H and O–H groups in total. The maximum Gasteiger partial charge on any atom is 0.191 e. The number of guanidine groups is 1. The lowest BCUT2D eigenvalue weighted by Crippen LogP contribution is -2.40. The Balaban J connectivity index is 0.00000243. The van der Waals surface area contributed by atoms with Crippen LogP contribution in [0.4, 0.5) is 0 Å². The van der Waals surface area contributed by atoms with Gasteiger partial charge in [0.05, 0.1) is 19.7 Å². The number of rotatable bonds is 7. The first-order valence-corrected chi connectivity index (χ1v) is 9.73. The minimum absolute atomic E-state index is 0. The molecule has 1 unspecified atom stereocenters. The quantitative estimate of drug-likeness (QED) is 0.362. The van der Waals surface area contributed by atoms with Crippen LogP contribution in [-0.4, -0.2) is 50.2 Å². The Morgan fingerprint density at radius 1 is 1.23 bits per heavy atom. The van der Waals surface area contributed by atoms with Gasteiger partial charge in [0.15, 0.2) is 5.96 Å². The van der Waals surface area contributed by atoms with E-state index in [1.54, 1.807) is 7.11 Å². The Bertz CT molecular complexity index is 571. The van der Waals surface area contributed by atoms with Crippen molar-refractivity contribution in [1.82, 2.24) is 15.5 Å². The van der Waals surface area contributed by atoms with Crippen molar-refractivity contribution in [3.63, 3.8) is 0 Å². The molecule has 0 spiro atoms. The van der Waals surface area contributed by atoms with E-state index in [0.717, 1.165) is 37.9 Å². The van der Waals surface area contributed by atoms with Crippen molar-refractivity contribution in [1.29, 1.82) is 0 Å². The summed E-state index contributed by atoms with van der Waals surface area (Å²) in [6.07, 6.45) is 6.40. The zero-order valence-electron chi connectivity index (χ0n) is 16.0. The summed E-state index contributed by atoms with van der Waals surface area (Å²) in [5.41, 5.74) is 1.25. The minimum atomic E-state index is 0. The van der Waals surface area contributed by atoms with Crippen LogP contribution < -0.4 is 15.4 Å². The second kappa shape index (κ2) is 11.0. The summed E-state index contributed by atoms with van der Waals surface area (Å²) in [5.74, 6) is 1.91. The number of ether oxygens (including phenoxy) is 1. The van der Waals surface area contributed by atoms with Crippen molar-refractivity contribution in [2.75, 3.05) is 33.3 Å². The number of piperidine rings is 1. The lowest BCUT2D eigenvalue weighted by atomic mass is 10.0. The van der Waals surface area contributed by atoms with Gasteiger partial charge in [-0.1, -0.05) is 24.6 Å². The highest BCUT2D eigenvalue weighted by Gasteiger charge is 2.26. The summed E-state index contributed by atoms with van der Waals surface area (Å²) in [6.45, 7) is 6.05. The molecule has 1 heterocycles. The van der Waals surface area contributed by atoms with Crippen LogP contribution in [-0.2, 0) is 0 Å². The lowest BCUT2D eigenvalue weighted by Gasteiger charge is -2.34. The standard InChI is InChI=1S/C20H32N4O.HI/c1-3-21-20(23-16-11-12-16)22-15-18(24-13-7-4-8-14-24)17-9-5-6-10-19(17)25-2;/h5-6,9-10,16,18H,3-4,7-8,11-15H2,1-2H3,(H2,21,22,23);1H. The summed E-state index contributed by atoms with van der Waals surface area (Å²) < 4.78 is 5.64. The average Bonchev–Trinajstić information content (AvgIpc) is 3.47. The number of likely N-dealkylation sites (tertiary alicyclic amines) is 1. The fourth-order valence-electron chi connectivity index (χ4n) is 3.50. The number of benzene rings is 1. The number of methoxy groups -OCH3 is 1. The van der Waals surface area contributed by atoms with Crippen LogP contribution in [0.3, 0.4) is 0 Å².